The number of imidazole rings is 1. The Morgan fingerprint density at radius 3 is 2.76 bits per heavy atom. The molecule has 2 heterocycles. The molecule has 0 amide bonds. The summed E-state index contributed by atoms with van der Waals surface area (Å²) in [5.41, 5.74) is 0.659. The third kappa shape index (κ3) is 2.12. The number of benzene rings is 1. The molecule has 2 aromatic heterocycles. The Balaban J connectivity index is 2.25. The van der Waals surface area contributed by atoms with Gasteiger partial charge in [0, 0.05) is 12.3 Å². The average Bonchev–Trinajstić information content (AvgIpc) is 2.85. The largest absolute Gasteiger partial charge is 0.478 e. The van der Waals surface area contributed by atoms with Crippen LogP contribution < -0.4 is 0 Å². The van der Waals surface area contributed by atoms with Crippen LogP contribution in [0.1, 0.15) is 15.9 Å². The monoisotopic (exact) mass is 289 g/mol. The van der Waals surface area contributed by atoms with Gasteiger partial charge in [0.25, 0.3) is 0 Å². The number of H-pyrrole nitrogens is 1. The Morgan fingerprint density at radius 2 is 2.05 bits per heavy atom. The zero-order valence-electron chi connectivity index (χ0n) is 10.8. The second-order valence-electron chi connectivity index (χ2n) is 4.53. The topological polar surface area (TPSA) is 78.9 Å². The lowest BCUT2D eigenvalue weighted by molar-refractivity contribution is 0.0698. The van der Waals surface area contributed by atoms with E-state index in [1.807, 2.05) is 0 Å². The maximum absolute atomic E-state index is 13.9. The number of hydrogen-bond donors (Lipinski definition) is 2. The van der Waals surface area contributed by atoms with Crippen LogP contribution in [0.2, 0.25) is 0 Å². The second-order valence-corrected chi connectivity index (χ2v) is 4.53. The van der Waals surface area contributed by atoms with Crippen LogP contribution in [-0.2, 0) is 0 Å². The van der Waals surface area contributed by atoms with E-state index in [1.165, 1.54) is 25.3 Å². The number of nitrogens with zero attached hydrogens (tertiary/aromatic N) is 2. The first-order valence-electron chi connectivity index (χ1n) is 6.01. The first-order chi connectivity index (χ1) is 9.97. The molecule has 7 heteroatoms. The Bertz CT molecular complexity index is 874. The molecule has 0 fully saturated rings. The van der Waals surface area contributed by atoms with Crippen molar-refractivity contribution in [2.24, 2.45) is 0 Å². The number of fused-ring (bicyclic) bond motifs is 1. The molecule has 0 atom stereocenters. The first-order valence-corrected chi connectivity index (χ1v) is 6.01. The van der Waals surface area contributed by atoms with Gasteiger partial charge in [-0.25, -0.2) is 23.5 Å². The first kappa shape index (κ1) is 13.2. The summed E-state index contributed by atoms with van der Waals surface area (Å²) in [6.07, 6.45) is 1.31. The number of nitrogens with one attached hydrogen (secondary N) is 1. The fraction of sp³-hybridized carbons (Fsp3) is 0.0714. The van der Waals surface area contributed by atoms with E-state index in [-0.39, 0.29) is 33.7 Å². The number of carboxylic acids is 1. The summed E-state index contributed by atoms with van der Waals surface area (Å²) >= 11 is 0. The molecule has 3 aromatic rings. The van der Waals surface area contributed by atoms with Gasteiger partial charge in [0.15, 0.2) is 5.65 Å². The zero-order chi connectivity index (χ0) is 15.1. The van der Waals surface area contributed by atoms with Gasteiger partial charge in [-0.3, -0.25) is 0 Å². The van der Waals surface area contributed by atoms with E-state index in [4.69, 9.17) is 5.11 Å². The molecule has 5 nitrogen and oxygen atoms in total. The minimum atomic E-state index is -1.15. The third-order valence-corrected chi connectivity index (χ3v) is 3.13. The van der Waals surface area contributed by atoms with Crippen LogP contribution in [-0.4, -0.2) is 26.0 Å². The minimum Gasteiger partial charge on any atom is -0.478 e. The van der Waals surface area contributed by atoms with E-state index in [1.54, 1.807) is 0 Å². The Labute approximate surface area is 117 Å². The molecule has 0 aliphatic rings. The molecule has 0 spiro atoms. The van der Waals surface area contributed by atoms with Crippen molar-refractivity contribution in [2.45, 2.75) is 6.92 Å². The summed E-state index contributed by atoms with van der Waals surface area (Å²) in [5.74, 6) is -2.48. The Hall–Kier alpha value is -2.83. The molecule has 1 aromatic carbocycles. The molecule has 0 saturated carbocycles. The molecular weight excluding hydrogens is 280 g/mol. The number of aryl methyl sites for hydroxylation is 1. The average molecular weight is 289 g/mol. The fourth-order valence-corrected chi connectivity index (χ4v) is 2.06. The molecule has 3 rings (SSSR count). The quantitative estimate of drug-likeness (QED) is 0.760. The number of aromatic nitrogens is 3. The van der Waals surface area contributed by atoms with Crippen molar-refractivity contribution < 1.29 is 18.7 Å². The van der Waals surface area contributed by atoms with Crippen LogP contribution in [0.5, 0.6) is 0 Å². The smallest absolute Gasteiger partial charge is 0.338 e. The summed E-state index contributed by atoms with van der Waals surface area (Å²) in [4.78, 5) is 21.9. The minimum absolute atomic E-state index is 0.0157. The number of carboxylic acid groups (broad SMARTS) is 1. The molecule has 2 N–H and O–H groups in total. The van der Waals surface area contributed by atoms with Gasteiger partial charge in [-0.05, 0) is 24.6 Å². The lowest BCUT2D eigenvalue weighted by atomic mass is 10.1. The standard InChI is InChI=1S/C14H9F2N3O2/c1-6-4-8(10(16)5-9(6)15)12-18-11-7(14(20)21)2-3-17-13(11)19-12/h2-5H,1H3,(H,20,21)(H,17,18,19). The predicted octanol–water partition coefficient (Wildman–Crippen LogP) is 2.91. The van der Waals surface area contributed by atoms with Gasteiger partial charge in [0.2, 0.25) is 0 Å². The lowest BCUT2D eigenvalue weighted by Crippen LogP contribution is -1.97. The van der Waals surface area contributed by atoms with E-state index in [0.29, 0.717) is 0 Å². The van der Waals surface area contributed by atoms with Gasteiger partial charge in [-0.15, -0.1) is 0 Å². The summed E-state index contributed by atoms with van der Waals surface area (Å²) in [6.45, 7) is 1.50. The Kier molecular flexibility index (Phi) is 2.90. The van der Waals surface area contributed by atoms with Crippen molar-refractivity contribution in [1.29, 1.82) is 0 Å². The van der Waals surface area contributed by atoms with Crippen molar-refractivity contribution >= 4 is 17.1 Å². The lowest BCUT2D eigenvalue weighted by Gasteiger charge is -2.02. The van der Waals surface area contributed by atoms with E-state index in [0.717, 1.165) is 6.07 Å². The number of aromatic amines is 1. The molecule has 106 valence electrons. The van der Waals surface area contributed by atoms with Crippen LogP contribution in [0.4, 0.5) is 8.78 Å². The van der Waals surface area contributed by atoms with Gasteiger partial charge in [0.1, 0.15) is 17.5 Å². The predicted molar refractivity (Wildman–Crippen MR) is 70.9 cm³/mol. The van der Waals surface area contributed by atoms with Crippen molar-refractivity contribution in [2.75, 3.05) is 0 Å². The van der Waals surface area contributed by atoms with Crippen molar-refractivity contribution in [1.82, 2.24) is 15.0 Å². The molecule has 0 radical (unpaired) electrons. The van der Waals surface area contributed by atoms with E-state index in [9.17, 15) is 13.6 Å². The van der Waals surface area contributed by atoms with E-state index >= 15 is 0 Å². The number of halogens is 2. The highest BCUT2D eigenvalue weighted by Gasteiger charge is 2.17. The number of aromatic carboxylic acids is 1. The summed E-state index contributed by atoms with van der Waals surface area (Å²) < 4.78 is 27.2. The van der Waals surface area contributed by atoms with Gasteiger partial charge in [-0.1, -0.05) is 0 Å². The second kappa shape index (κ2) is 4.62. The molecule has 0 saturated heterocycles. The van der Waals surface area contributed by atoms with E-state index < -0.39 is 17.6 Å². The van der Waals surface area contributed by atoms with Crippen LogP contribution >= 0.6 is 0 Å². The number of carbonyl (C=O) groups is 1. The molecule has 0 bridgehead atoms. The van der Waals surface area contributed by atoms with Crippen LogP contribution in [0.3, 0.4) is 0 Å². The summed E-state index contributed by atoms with van der Waals surface area (Å²) in [6, 6.07) is 3.39. The fourth-order valence-electron chi connectivity index (χ4n) is 2.06. The highest BCUT2D eigenvalue weighted by atomic mass is 19.1. The van der Waals surface area contributed by atoms with Crippen molar-refractivity contribution in [3.8, 4) is 11.4 Å². The van der Waals surface area contributed by atoms with Gasteiger partial charge in [0.05, 0.1) is 16.6 Å². The van der Waals surface area contributed by atoms with Crippen molar-refractivity contribution in [3.05, 3.63) is 47.2 Å². The third-order valence-electron chi connectivity index (χ3n) is 3.13. The van der Waals surface area contributed by atoms with Crippen LogP contribution in [0.15, 0.2) is 24.4 Å². The normalized spacial score (nSPS) is 11.0. The SMILES string of the molecule is Cc1cc(-c2nc3nccc(C(=O)O)c3[nH]2)c(F)cc1F. The molecule has 0 aliphatic carbocycles. The maximum atomic E-state index is 13.9. The number of hydrogen-bond acceptors (Lipinski definition) is 3. The summed E-state index contributed by atoms with van der Waals surface area (Å²) in [7, 11) is 0. The van der Waals surface area contributed by atoms with Crippen LogP contribution in [0, 0.1) is 18.6 Å². The van der Waals surface area contributed by atoms with Crippen LogP contribution in [0.25, 0.3) is 22.6 Å². The number of rotatable bonds is 2. The number of pyridine rings is 1. The summed E-state index contributed by atoms with van der Waals surface area (Å²) in [5, 5.41) is 9.10. The van der Waals surface area contributed by atoms with Crippen molar-refractivity contribution in [3.63, 3.8) is 0 Å². The Morgan fingerprint density at radius 1 is 1.29 bits per heavy atom. The highest BCUT2D eigenvalue weighted by Crippen LogP contribution is 2.26. The molecule has 0 aliphatic heterocycles. The van der Waals surface area contributed by atoms with Gasteiger partial charge in [-0.2, -0.15) is 0 Å². The van der Waals surface area contributed by atoms with Gasteiger partial charge >= 0.3 is 5.97 Å². The molecular formula is C14H9F2N3O2. The van der Waals surface area contributed by atoms with E-state index in [2.05, 4.69) is 15.0 Å². The zero-order valence-corrected chi connectivity index (χ0v) is 10.8. The maximum Gasteiger partial charge on any atom is 0.338 e. The van der Waals surface area contributed by atoms with Gasteiger partial charge < -0.3 is 10.1 Å². The highest BCUT2D eigenvalue weighted by molar-refractivity contribution is 6.00. The molecule has 0 unspecified atom stereocenters. The molecule has 21 heavy (non-hydrogen) atoms.